The molecule has 0 spiro atoms. The van der Waals surface area contributed by atoms with Gasteiger partial charge in [-0.05, 0) is 54.4 Å². The Labute approximate surface area is 212 Å². The summed E-state index contributed by atoms with van der Waals surface area (Å²) in [5.74, 6) is 0.996. The number of carbonyl (C=O) groups is 1. The third kappa shape index (κ3) is 5.71. The highest BCUT2D eigenvalue weighted by Gasteiger charge is 2.47. The van der Waals surface area contributed by atoms with Crippen molar-refractivity contribution in [1.82, 2.24) is 0 Å². The second-order valence-electron chi connectivity index (χ2n) is 10.2. The molecule has 5 nitrogen and oxygen atoms in total. The van der Waals surface area contributed by atoms with Gasteiger partial charge in [0, 0.05) is 24.4 Å². The topological polar surface area (TPSA) is 38.8 Å². The van der Waals surface area contributed by atoms with Crippen LogP contribution < -0.4 is 9.64 Å². The summed E-state index contributed by atoms with van der Waals surface area (Å²) in [6.45, 7) is 6.92. The largest absolute Gasteiger partial charge is 0.488 e. The Balaban J connectivity index is 1.27. The van der Waals surface area contributed by atoms with E-state index in [4.69, 9.17) is 9.47 Å². The molecule has 1 unspecified atom stereocenters. The molecule has 0 aliphatic carbocycles. The number of halogens is 1. The van der Waals surface area contributed by atoms with Crippen LogP contribution in [0.1, 0.15) is 24.0 Å². The first-order valence-corrected chi connectivity index (χ1v) is 12.8. The number of para-hydroxylation sites is 1. The van der Waals surface area contributed by atoms with Crippen molar-refractivity contribution in [3.05, 3.63) is 95.8 Å². The number of quaternary nitrogens is 1. The monoisotopic (exact) mass is 489 g/mol. The first-order chi connectivity index (χ1) is 17.5. The van der Waals surface area contributed by atoms with Gasteiger partial charge in [-0.15, -0.1) is 0 Å². The smallest absolute Gasteiger partial charge is 0.415 e. The summed E-state index contributed by atoms with van der Waals surface area (Å²) >= 11 is 0. The van der Waals surface area contributed by atoms with Crippen molar-refractivity contribution >= 4 is 11.8 Å². The van der Waals surface area contributed by atoms with Gasteiger partial charge < -0.3 is 14.0 Å². The fraction of sp³-hybridized carbons (Fsp3) is 0.367. The number of carbonyl (C=O) groups excluding carboxylic acids is 1. The fourth-order valence-electron chi connectivity index (χ4n) is 5.57. The van der Waals surface area contributed by atoms with E-state index in [2.05, 4.69) is 0 Å². The second kappa shape index (κ2) is 10.7. The number of fused-ring (bicyclic) bond motifs is 3. The van der Waals surface area contributed by atoms with E-state index in [0.29, 0.717) is 19.1 Å². The molecule has 3 fully saturated rings. The van der Waals surface area contributed by atoms with Crippen molar-refractivity contribution < 1.29 is 23.1 Å². The molecule has 0 N–H and O–H groups in total. The van der Waals surface area contributed by atoms with Crippen LogP contribution >= 0.6 is 0 Å². The SMILES string of the molecule is Cc1cccc(N(Cc2ccc(F)cc2)C(=O)OC2C[N+]3(CCOc4ccccc4)CCC2CC3)c1. The summed E-state index contributed by atoms with van der Waals surface area (Å²) < 4.78 is 26.6. The number of ether oxygens (including phenoxy) is 2. The molecule has 3 aliphatic rings. The molecule has 36 heavy (non-hydrogen) atoms. The zero-order valence-electron chi connectivity index (χ0n) is 20.8. The highest BCUT2D eigenvalue weighted by Crippen LogP contribution is 2.36. The summed E-state index contributed by atoms with van der Waals surface area (Å²) in [6.07, 6.45) is 1.66. The van der Waals surface area contributed by atoms with Gasteiger partial charge in [0.2, 0.25) is 0 Å². The van der Waals surface area contributed by atoms with Gasteiger partial charge >= 0.3 is 6.09 Å². The fourth-order valence-corrected chi connectivity index (χ4v) is 5.57. The Morgan fingerprint density at radius 2 is 1.75 bits per heavy atom. The van der Waals surface area contributed by atoms with Crippen LogP contribution in [0.2, 0.25) is 0 Å². The first-order valence-electron chi connectivity index (χ1n) is 12.8. The predicted molar refractivity (Wildman–Crippen MR) is 138 cm³/mol. The predicted octanol–water partition coefficient (Wildman–Crippen LogP) is 5.97. The Hall–Kier alpha value is -3.38. The number of amides is 1. The van der Waals surface area contributed by atoms with Crippen molar-refractivity contribution in [2.45, 2.75) is 32.4 Å². The molecule has 3 heterocycles. The van der Waals surface area contributed by atoms with E-state index in [-0.39, 0.29) is 18.0 Å². The van der Waals surface area contributed by atoms with Crippen LogP contribution in [0.15, 0.2) is 78.9 Å². The number of benzene rings is 3. The lowest BCUT2D eigenvalue weighted by Gasteiger charge is -2.52. The molecular weight excluding hydrogens is 455 g/mol. The van der Waals surface area contributed by atoms with E-state index in [9.17, 15) is 9.18 Å². The molecule has 6 heteroatoms. The van der Waals surface area contributed by atoms with Gasteiger partial charge in [-0.2, -0.15) is 0 Å². The Morgan fingerprint density at radius 1 is 1.00 bits per heavy atom. The maximum Gasteiger partial charge on any atom is 0.415 e. The third-order valence-electron chi connectivity index (χ3n) is 7.66. The van der Waals surface area contributed by atoms with Crippen LogP contribution in [0.4, 0.5) is 14.9 Å². The zero-order chi connectivity index (χ0) is 25.0. The third-order valence-corrected chi connectivity index (χ3v) is 7.66. The lowest BCUT2D eigenvalue weighted by atomic mass is 9.83. The maximum atomic E-state index is 13.6. The van der Waals surface area contributed by atoms with E-state index >= 15 is 0 Å². The minimum absolute atomic E-state index is 0.114. The highest BCUT2D eigenvalue weighted by molar-refractivity contribution is 5.87. The number of aryl methyl sites for hydroxylation is 1. The molecular formula is C30H34FN2O3+. The lowest BCUT2D eigenvalue weighted by Crippen LogP contribution is -2.65. The molecule has 0 aromatic heterocycles. The van der Waals surface area contributed by atoms with Crippen molar-refractivity contribution in [2.75, 3.05) is 37.7 Å². The van der Waals surface area contributed by atoms with Gasteiger partial charge in [0.15, 0.2) is 6.10 Å². The molecule has 3 aromatic carbocycles. The van der Waals surface area contributed by atoms with Gasteiger partial charge in [-0.1, -0.05) is 42.5 Å². The van der Waals surface area contributed by atoms with Crippen LogP contribution in [0.25, 0.3) is 0 Å². The minimum Gasteiger partial charge on any atom is -0.488 e. The van der Waals surface area contributed by atoms with Crippen LogP contribution in [0.3, 0.4) is 0 Å². The van der Waals surface area contributed by atoms with Gasteiger partial charge in [-0.25, -0.2) is 9.18 Å². The van der Waals surface area contributed by atoms with Gasteiger partial charge in [0.25, 0.3) is 0 Å². The van der Waals surface area contributed by atoms with E-state index in [1.165, 1.54) is 12.1 Å². The first kappa shape index (κ1) is 24.3. The molecule has 3 aromatic rings. The summed E-state index contributed by atoms with van der Waals surface area (Å²) in [7, 11) is 0. The molecule has 188 valence electrons. The molecule has 2 bridgehead atoms. The van der Waals surface area contributed by atoms with Crippen molar-refractivity contribution in [1.29, 1.82) is 0 Å². The molecule has 0 radical (unpaired) electrons. The molecule has 0 saturated carbocycles. The maximum absolute atomic E-state index is 13.6. The average molecular weight is 490 g/mol. The number of rotatable bonds is 8. The van der Waals surface area contributed by atoms with Crippen molar-refractivity contribution in [3.8, 4) is 5.75 Å². The Morgan fingerprint density at radius 3 is 2.47 bits per heavy atom. The summed E-state index contributed by atoms with van der Waals surface area (Å²) in [4.78, 5) is 15.2. The van der Waals surface area contributed by atoms with E-state index in [0.717, 1.165) is 66.1 Å². The quantitative estimate of drug-likeness (QED) is 0.366. The molecule has 6 rings (SSSR count). The molecule has 3 saturated heterocycles. The van der Waals surface area contributed by atoms with E-state index in [1.807, 2.05) is 61.5 Å². The summed E-state index contributed by atoms with van der Waals surface area (Å²) in [5.41, 5.74) is 2.70. The summed E-state index contributed by atoms with van der Waals surface area (Å²) in [5, 5.41) is 0. The Bertz CT molecular complexity index is 1160. The van der Waals surface area contributed by atoms with Crippen molar-refractivity contribution in [3.63, 3.8) is 0 Å². The van der Waals surface area contributed by atoms with Crippen LogP contribution in [-0.4, -0.2) is 49.5 Å². The molecule has 1 amide bonds. The standard InChI is InChI=1S/C30H34FN2O3/c1-23-6-5-7-27(20-23)32(21-24-10-12-26(31)13-11-24)30(34)36-29-22-33(16-14-25(29)15-17-33)18-19-35-28-8-3-2-4-9-28/h2-13,20,25,29H,14-19,21-22H2,1H3/q+1. The average Bonchev–Trinajstić information content (AvgIpc) is 2.89. The number of piperidine rings is 3. The second-order valence-corrected chi connectivity index (χ2v) is 10.2. The highest BCUT2D eigenvalue weighted by atomic mass is 19.1. The number of nitrogens with zero attached hydrogens (tertiary/aromatic N) is 2. The van der Waals surface area contributed by atoms with Gasteiger partial charge in [0.05, 0.1) is 19.6 Å². The van der Waals surface area contributed by atoms with E-state index in [1.54, 1.807) is 17.0 Å². The molecule has 3 aliphatic heterocycles. The van der Waals surface area contributed by atoms with Gasteiger partial charge in [-0.3, -0.25) is 4.90 Å². The minimum atomic E-state index is -0.345. The van der Waals surface area contributed by atoms with E-state index < -0.39 is 0 Å². The van der Waals surface area contributed by atoms with Crippen LogP contribution in [0, 0.1) is 18.7 Å². The van der Waals surface area contributed by atoms with Crippen LogP contribution in [-0.2, 0) is 11.3 Å². The normalized spacial score (nSPS) is 22.7. The van der Waals surface area contributed by atoms with Gasteiger partial charge in [0.1, 0.15) is 31.3 Å². The Kier molecular flexibility index (Phi) is 7.23. The lowest BCUT2D eigenvalue weighted by molar-refractivity contribution is -0.946. The van der Waals surface area contributed by atoms with Crippen molar-refractivity contribution in [2.24, 2.45) is 5.92 Å². The molecule has 1 atom stereocenters. The number of hydrogen-bond donors (Lipinski definition) is 0. The summed E-state index contributed by atoms with van der Waals surface area (Å²) in [6, 6.07) is 24.0. The van der Waals surface area contributed by atoms with Crippen LogP contribution in [0.5, 0.6) is 5.75 Å². The number of hydrogen-bond acceptors (Lipinski definition) is 3. The zero-order valence-corrected chi connectivity index (χ0v) is 20.8. The number of anilines is 1.